The Bertz CT molecular complexity index is 804. The van der Waals surface area contributed by atoms with Crippen molar-refractivity contribution < 1.29 is 4.79 Å². The number of likely N-dealkylation sites (tertiary alicyclic amines) is 1. The van der Waals surface area contributed by atoms with Gasteiger partial charge in [0.2, 0.25) is 0 Å². The van der Waals surface area contributed by atoms with Crippen LogP contribution in [0.25, 0.3) is 5.69 Å². The molecule has 1 aliphatic heterocycles. The molecule has 3 rings (SSSR count). The van der Waals surface area contributed by atoms with E-state index in [-0.39, 0.29) is 11.8 Å². The zero-order chi connectivity index (χ0) is 19.6. The smallest absolute Gasteiger partial charge is 0.257 e. The van der Waals surface area contributed by atoms with Crippen LogP contribution >= 0.6 is 11.6 Å². The van der Waals surface area contributed by atoms with Crippen LogP contribution in [-0.2, 0) is 6.42 Å². The highest BCUT2D eigenvalue weighted by Crippen LogP contribution is 2.31. The number of carbonyl (C=O) groups is 1. The van der Waals surface area contributed by atoms with Crippen molar-refractivity contribution in [1.29, 1.82) is 0 Å². The molecule has 1 aromatic heterocycles. The summed E-state index contributed by atoms with van der Waals surface area (Å²) >= 11 is 6.47. The van der Waals surface area contributed by atoms with Gasteiger partial charge in [-0.25, -0.2) is 4.68 Å². The van der Waals surface area contributed by atoms with Crippen LogP contribution in [0.1, 0.15) is 74.6 Å². The Morgan fingerprint density at radius 1 is 1.11 bits per heavy atom. The van der Waals surface area contributed by atoms with Crippen LogP contribution in [0, 0.1) is 5.92 Å². The van der Waals surface area contributed by atoms with Crippen LogP contribution in [0.5, 0.6) is 0 Å². The third kappa shape index (κ3) is 4.21. The zero-order valence-electron chi connectivity index (χ0n) is 16.8. The van der Waals surface area contributed by atoms with Crippen LogP contribution in [0.3, 0.4) is 0 Å². The Morgan fingerprint density at radius 2 is 1.78 bits per heavy atom. The minimum atomic E-state index is 0.132. The van der Waals surface area contributed by atoms with E-state index in [0.29, 0.717) is 10.9 Å². The lowest BCUT2D eigenvalue weighted by Crippen LogP contribution is -2.36. The summed E-state index contributed by atoms with van der Waals surface area (Å²) in [6.07, 6.45) is 4.16. The minimum absolute atomic E-state index is 0.132. The summed E-state index contributed by atoms with van der Waals surface area (Å²) in [4.78, 5) is 15.5. The fraction of sp³-hybridized carbons (Fsp3) is 0.545. The van der Waals surface area contributed by atoms with Crippen molar-refractivity contribution in [3.8, 4) is 5.69 Å². The summed E-state index contributed by atoms with van der Waals surface area (Å²) in [5.41, 5.74) is 3.49. The third-order valence-corrected chi connectivity index (χ3v) is 5.40. The van der Waals surface area contributed by atoms with Crippen LogP contribution in [0.2, 0.25) is 5.02 Å². The molecule has 5 heteroatoms. The third-order valence-electron chi connectivity index (χ3n) is 5.08. The Hall–Kier alpha value is -1.81. The molecule has 0 radical (unpaired) electrons. The Labute approximate surface area is 167 Å². The molecule has 2 aromatic rings. The highest BCUT2D eigenvalue weighted by atomic mass is 35.5. The number of hydrogen-bond acceptors (Lipinski definition) is 2. The van der Waals surface area contributed by atoms with Crippen LogP contribution in [0.15, 0.2) is 24.3 Å². The van der Waals surface area contributed by atoms with Crippen LogP contribution in [0.4, 0.5) is 0 Å². The lowest BCUT2D eigenvalue weighted by atomic mass is 9.97. The van der Waals surface area contributed by atoms with E-state index in [1.807, 2.05) is 33.8 Å². The van der Waals surface area contributed by atoms with E-state index in [1.165, 1.54) is 6.42 Å². The van der Waals surface area contributed by atoms with Crippen molar-refractivity contribution in [2.75, 3.05) is 13.1 Å². The molecule has 1 aromatic carbocycles. The summed E-state index contributed by atoms with van der Waals surface area (Å²) in [5, 5.41) is 5.55. The predicted octanol–water partition coefficient (Wildman–Crippen LogP) is 5.47. The monoisotopic (exact) mass is 387 g/mol. The number of para-hydroxylation sites is 1. The molecule has 1 saturated heterocycles. The van der Waals surface area contributed by atoms with Gasteiger partial charge in [0.1, 0.15) is 0 Å². The number of aromatic nitrogens is 2. The first-order valence-corrected chi connectivity index (χ1v) is 10.4. The first-order chi connectivity index (χ1) is 12.9. The van der Waals surface area contributed by atoms with Gasteiger partial charge in [-0.3, -0.25) is 4.79 Å². The first kappa shape index (κ1) is 19.9. The fourth-order valence-electron chi connectivity index (χ4n) is 3.84. The maximum atomic E-state index is 13.5. The van der Waals surface area contributed by atoms with Crippen molar-refractivity contribution in [2.24, 2.45) is 5.92 Å². The van der Waals surface area contributed by atoms with Gasteiger partial charge in [0.05, 0.1) is 27.7 Å². The maximum absolute atomic E-state index is 13.5. The van der Waals surface area contributed by atoms with Crippen molar-refractivity contribution in [1.82, 2.24) is 14.7 Å². The normalized spacial score (nSPS) is 15.0. The van der Waals surface area contributed by atoms with Crippen molar-refractivity contribution in [3.63, 3.8) is 0 Å². The minimum Gasteiger partial charge on any atom is -0.339 e. The number of benzene rings is 1. The van der Waals surface area contributed by atoms with E-state index in [4.69, 9.17) is 16.7 Å². The Morgan fingerprint density at radius 3 is 2.37 bits per heavy atom. The van der Waals surface area contributed by atoms with E-state index in [9.17, 15) is 4.79 Å². The summed E-state index contributed by atoms with van der Waals surface area (Å²) in [6.45, 7) is 10.3. The van der Waals surface area contributed by atoms with Gasteiger partial charge in [0.25, 0.3) is 5.91 Å². The zero-order valence-corrected chi connectivity index (χ0v) is 17.6. The molecule has 1 aliphatic rings. The molecule has 0 spiro atoms. The van der Waals surface area contributed by atoms with Gasteiger partial charge in [-0.2, -0.15) is 5.10 Å². The molecule has 4 nitrogen and oxygen atoms in total. The van der Waals surface area contributed by atoms with E-state index in [1.54, 1.807) is 0 Å². The number of rotatable bonds is 5. The Balaban J connectivity index is 2.17. The topological polar surface area (TPSA) is 38.1 Å². The van der Waals surface area contributed by atoms with E-state index in [2.05, 4.69) is 27.7 Å². The van der Waals surface area contributed by atoms with Crippen molar-refractivity contribution in [2.45, 2.75) is 59.3 Å². The number of hydrogen-bond donors (Lipinski definition) is 0. The standard InChI is InChI=1S/C22H30ClN3O/c1-15(2)14-18-20(22(27)25-12-8-5-9-13-25)21(16(3)4)26(24-18)19-11-7-6-10-17(19)23/h6-7,10-11,15-16H,5,8-9,12-14H2,1-4H3. The largest absolute Gasteiger partial charge is 0.339 e. The molecule has 0 aliphatic carbocycles. The second-order valence-corrected chi connectivity index (χ2v) is 8.58. The molecule has 27 heavy (non-hydrogen) atoms. The van der Waals surface area contributed by atoms with Crippen molar-refractivity contribution in [3.05, 3.63) is 46.2 Å². The molecule has 146 valence electrons. The number of halogens is 1. The number of piperidine rings is 1. The molecule has 1 fully saturated rings. The molecule has 0 atom stereocenters. The summed E-state index contributed by atoms with van der Waals surface area (Å²) in [6, 6.07) is 7.72. The lowest BCUT2D eigenvalue weighted by Gasteiger charge is -2.27. The Kier molecular flexibility index (Phi) is 6.25. The lowest BCUT2D eigenvalue weighted by molar-refractivity contribution is 0.0721. The quantitative estimate of drug-likeness (QED) is 0.681. The average Bonchev–Trinajstić information content (AvgIpc) is 3.00. The second-order valence-electron chi connectivity index (χ2n) is 8.18. The second kappa shape index (κ2) is 8.47. The van der Waals surface area contributed by atoms with Gasteiger partial charge >= 0.3 is 0 Å². The molecule has 0 unspecified atom stereocenters. The van der Waals surface area contributed by atoms with Crippen LogP contribution in [-0.4, -0.2) is 33.7 Å². The molecule has 0 bridgehead atoms. The van der Waals surface area contributed by atoms with Gasteiger partial charge in [0.15, 0.2) is 0 Å². The van der Waals surface area contributed by atoms with Gasteiger partial charge in [-0.15, -0.1) is 0 Å². The summed E-state index contributed by atoms with van der Waals surface area (Å²) in [5.74, 6) is 0.721. The first-order valence-electron chi connectivity index (χ1n) is 10.1. The van der Waals surface area contributed by atoms with Gasteiger partial charge in [-0.1, -0.05) is 51.4 Å². The van der Waals surface area contributed by atoms with Crippen molar-refractivity contribution >= 4 is 17.5 Å². The molecular weight excluding hydrogens is 358 g/mol. The molecular formula is C22H30ClN3O. The number of carbonyl (C=O) groups excluding carboxylic acids is 1. The van der Waals surface area contributed by atoms with Gasteiger partial charge < -0.3 is 4.90 Å². The predicted molar refractivity (Wildman–Crippen MR) is 111 cm³/mol. The summed E-state index contributed by atoms with van der Waals surface area (Å²) in [7, 11) is 0. The number of amides is 1. The maximum Gasteiger partial charge on any atom is 0.257 e. The van der Waals surface area contributed by atoms with E-state index >= 15 is 0 Å². The van der Waals surface area contributed by atoms with Gasteiger partial charge in [0, 0.05) is 13.1 Å². The molecule has 0 saturated carbocycles. The number of nitrogens with zero attached hydrogens (tertiary/aromatic N) is 3. The molecule has 1 amide bonds. The van der Waals surface area contributed by atoms with Crippen LogP contribution < -0.4 is 0 Å². The highest BCUT2D eigenvalue weighted by molar-refractivity contribution is 6.32. The highest BCUT2D eigenvalue weighted by Gasteiger charge is 2.30. The summed E-state index contributed by atoms with van der Waals surface area (Å²) < 4.78 is 1.90. The fourth-order valence-corrected chi connectivity index (χ4v) is 4.05. The van der Waals surface area contributed by atoms with E-state index in [0.717, 1.165) is 55.0 Å². The van der Waals surface area contributed by atoms with Gasteiger partial charge in [-0.05, 0) is 49.7 Å². The molecule has 0 N–H and O–H groups in total. The van der Waals surface area contributed by atoms with E-state index < -0.39 is 0 Å². The SMILES string of the molecule is CC(C)Cc1nn(-c2ccccc2Cl)c(C(C)C)c1C(=O)N1CCCCC1. The average molecular weight is 388 g/mol. The molecule has 2 heterocycles.